The summed E-state index contributed by atoms with van der Waals surface area (Å²) >= 11 is 0. The molecule has 4 rings (SSSR count). The van der Waals surface area contributed by atoms with Gasteiger partial charge < -0.3 is 20.5 Å². The monoisotopic (exact) mass is 338 g/mol. The van der Waals surface area contributed by atoms with Crippen molar-refractivity contribution in [2.45, 2.75) is 44.4 Å². The number of anilines is 1. The van der Waals surface area contributed by atoms with Gasteiger partial charge in [0.05, 0.1) is 18.4 Å². The zero-order chi connectivity index (χ0) is 17.2. The summed E-state index contributed by atoms with van der Waals surface area (Å²) in [6, 6.07) is 8.03. The highest BCUT2D eigenvalue weighted by atomic mass is 16.3. The first-order valence-electron chi connectivity index (χ1n) is 8.72. The fraction of sp³-hybridized carbons (Fsp3) is 0.368. The molecule has 130 valence electrons. The van der Waals surface area contributed by atoms with E-state index in [1.807, 2.05) is 30.5 Å². The molecule has 1 aliphatic rings. The molecule has 0 atom stereocenters. The van der Waals surface area contributed by atoms with Crippen LogP contribution in [-0.2, 0) is 6.61 Å². The molecule has 25 heavy (non-hydrogen) atoms. The Labute approximate surface area is 146 Å². The van der Waals surface area contributed by atoms with Crippen LogP contribution in [0.25, 0.3) is 22.2 Å². The number of fused-ring (bicyclic) bond motifs is 1. The molecular weight excluding hydrogens is 316 g/mol. The highest BCUT2D eigenvalue weighted by Gasteiger charge is 2.20. The van der Waals surface area contributed by atoms with Crippen molar-refractivity contribution in [3.05, 3.63) is 42.2 Å². The number of aliphatic hydroxyl groups excluding tert-OH is 2. The van der Waals surface area contributed by atoms with Gasteiger partial charge in [0.1, 0.15) is 0 Å². The molecule has 1 fully saturated rings. The number of benzene rings is 1. The number of H-pyrrole nitrogens is 1. The summed E-state index contributed by atoms with van der Waals surface area (Å²) < 4.78 is 0. The molecule has 0 bridgehead atoms. The van der Waals surface area contributed by atoms with Crippen molar-refractivity contribution in [3.8, 4) is 11.3 Å². The Hall–Kier alpha value is -2.44. The van der Waals surface area contributed by atoms with Crippen molar-refractivity contribution < 1.29 is 10.2 Å². The fourth-order valence-electron chi connectivity index (χ4n) is 3.58. The summed E-state index contributed by atoms with van der Waals surface area (Å²) in [7, 11) is 0. The molecule has 3 aromatic rings. The summed E-state index contributed by atoms with van der Waals surface area (Å²) in [5.41, 5.74) is 3.64. The van der Waals surface area contributed by atoms with E-state index in [1.54, 1.807) is 6.20 Å². The van der Waals surface area contributed by atoms with E-state index >= 15 is 0 Å². The van der Waals surface area contributed by atoms with Crippen molar-refractivity contribution in [1.82, 2.24) is 15.0 Å². The van der Waals surface area contributed by atoms with Gasteiger partial charge in [-0.05, 0) is 43.4 Å². The van der Waals surface area contributed by atoms with Gasteiger partial charge in [0.2, 0.25) is 5.95 Å². The molecule has 0 radical (unpaired) electrons. The van der Waals surface area contributed by atoms with E-state index in [-0.39, 0.29) is 12.7 Å². The summed E-state index contributed by atoms with van der Waals surface area (Å²) in [5.74, 6) is 0.606. The number of aromatic nitrogens is 3. The zero-order valence-electron chi connectivity index (χ0n) is 13.9. The van der Waals surface area contributed by atoms with E-state index < -0.39 is 0 Å². The van der Waals surface area contributed by atoms with Crippen LogP contribution in [0.5, 0.6) is 0 Å². The van der Waals surface area contributed by atoms with Crippen LogP contribution in [0.4, 0.5) is 5.95 Å². The number of nitrogens with zero attached hydrogens (tertiary/aromatic N) is 2. The summed E-state index contributed by atoms with van der Waals surface area (Å²) in [5, 5.41) is 23.7. The van der Waals surface area contributed by atoms with Gasteiger partial charge in [0.25, 0.3) is 0 Å². The molecule has 1 aromatic carbocycles. The molecule has 0 spiro atoms. The van der Waals surface area contributed by atoms with E-state index in [4.69, 9.17) is 0 Å². The predicted molar refractivity (Wildman–Crippen MR) is 97.1 cm³/mol. The molecule has 1 saturated carbocycles. The Bertz CT molecular complexity index is 869. The van der Waals surface area contributed by atoms with Crippen molar-refractivity contribution in [3.63, 3.8) is 0 Å². The number of nitrogens with one attached hydrogen (secondary N) is 2. The van der Waals surface area contributed by atoms with E-state index in [0.717, 1.165) is 53.4 Å². The maximum Gasteiger partial charge on any atom is 0.223 e. The van der Waals surface area contributed by atoms with Crippen LogP contribution in [0, 0.1) is 0 Å². The number of hydrogen-bond donors (Lipinski definition) is 4. The third-order valence-electron chi connectivity index (χ3n) is 4.92. The Morgan fingerprint density at radius 1 is 1.16 bits per heavy atom. The van der Waals surface area contributed by atoms with Crippen molar-refractivity contribution in [2.24, 2.45) is 0 Å². The molecule has 1 aliphatic carbocycles. The molecule has 2 aromatic heterocycles. The third kappa shape index (κ3) is 3.23. The van der Waals surface area contributed by atoms with Crippen LogP contribution in [0.3, 0.4) is 0 Å². The highest BCUT2D eigenvalue weighted by molar-refractivity contribution is 5.97. The zero-order valence-corrected chi connectivity index (χ0v) is 13.9. The summed E-state index contributed by atoms with van der Waals surface area (Å²) in [6.45, 7) is -0.0111. The first-order valence-corrected chi connectivity index (χ1v) is 8.72. The molecule has 6 heteroatoms. The average Bonchev–Trinajstić information content (AvgIpc) is 3.08. The smallest absolute Gasteiger partial charge is 0.223 e. The van der Waals surface area contributed by atoms with Crippen LogP contribution in [-0.4, -0.2) is 37.3 Å². The normalized spacial score (nSPS) is 20.7. The maximum atomic E-state index is 9.64. The standard InChI is InChI=1S/C19H22N4O2/c24-11-12-2-1-3-17-18(12)15(10-21-17)16-8-9-20-19(23-16)22-13-4-6-14(25)7-5-13/h1-3,8-10,13-14,21,24-25H,4-7,11H2,(H,20,22,23). The second kappa shape index (κ2) is 6.82. The predicted octanol–water partition coefficient (Wildman–Crippen LogP) is 2.83. The lowest BCUT2D eigenvalue weighted by atomic mass is 9.93. The van der Waals surface area contributed by atoms with E-state index in [0.29, 0.717) is 12.0 Å². The minimum Gasteiger partial charge on any atom is -0.393 e. The topological polar surface area (TPSA) is 94.1 Å². The minimum atomic E-state index is -0.173. The van der Waals surface area contributed by atoms with Crippen LogP contribution >= 0.6 is 0 Å². The molecule has 6 nitrogen and oxygen atoms in total. The first kappa shape index (κ1) is 16.1. The molecule has 2 heterocycles. The molecular formula is C19H22N4O2. The van der Waals surface area contributed by atoms with Crippen LogP contribution in [0.15, 0.2) is 36.7 Å². The lowest BCUT2D eigenvalue weighted by Crippen LogP contribution is -2.28. The van der Waals surface area contributed by atoms with E-state index in [9.17, 15) is 10.2 Å². The van der Waals surface area contributed by atoms with E-state index in [1.165, 1.54) is 0 Å². The molecule has 4 N–H and O–H groups in total. The van der Waals surface area contributed by atoms with Gasteiger partial charge in [-0.15, -0.1) is 0 Å². The van der Waals surface area contributed by atoms with Gasteiger partial charge in [-0.3, -0.25) is 0 Å². The van der Waals surface area contributed by atoms with Gasteiger partial charge >= 0.3 is 0 Å². The Kier molecular flexibility index (Phi) is 4.38. The Morgan fingerprint density at radius 2 is 2.00 bits per heavy atom. The van der Waals surface area contributed by atoms with Gasteiger partial charge in [0.15, 0.2) is 0 Å². The lowest BCUT2D eigenvalue weighted by molar-refractivity contribution is 0.126. The fourth-order valence-corrected chi connectivity index (χ4v) is 3.58. The van der Waals surface area contributed by atoms with Crippen molar-refractivity contribution in [1.29, 1.82) is 0 Å². The molecule has 0 saturated heterocycles. The number of hydrogen-bond acceptors (Lipinski definition) is 5. The largest absolute Gasteiger partial charge is 0.393 e. The van der Waals surface area contributed by atoms with Crippen molar-refractivity contribution in [2.75, 3.05) is 5.32 Å². The lowest BCUT2D eigenvalue weighted by Gasteiger charge is -2.26. The molecule has 0 unspecified atom stereocenters. The summed E-state index contributed by atoms with van der Waals surface area (Å²) in [4.78, 5) is 12.3. The number of aromatic amines is 1. The quantitative estimate of drug-likeness (QED) is 0.587. The summed E-state index contributed by atoms with van der Waals surface area (Å²) in [6.07, 6.45) is 7.00. The van der Waals surface area contributed by atoms with Gasteiger partial charge in [-0.2, -0.15) is 0 Å². The SMILES string of the molecule is OCc1cccc2[nH]cc(-c3ccnc(NC4CCC(O)CC4)n3)c12. The van der Waals surface area contributed by atoms with Gasteiger partial charge in [-0.1, -0.05) is 12.1 Å². The first-order chi connectivity index (χ1) is 12.2. The highest BCUT2D eigenvalue weighted by Crippen LogP contribution is 2.31. The Balaban J connectivity index is 1.64. The van der Waals surface area contributed by atoms with E-state index in [2.05, 4.69) is 20.3 Å². The van der Waals surface area contributed by atoms with Crippen LogP contribution in [0.1, 0.15) is 31.2 Å². The maximum absolute atomic E-state index is 9.64. The van der Waals surface area contributed by atoms with Gasteiger partial charge in [0, 0.05) is 34.9 Å². The minimum absolute atomic E-state index is 0.0111. The molecule has 0 amide bonds. The molecule has 0 aliphatic heterocycles. The number of rotatable bonds is 4. The second-order valence-corrected chi connectivity index (χ2v) is 6.62. The van der Waals surface area contributed by atoms with Crippen molar-refractivity contribution >= 4 is 16.9 Å². The van der Waals surface area contributed by atoms with Crippen LogP contribution < -0.4 is 5.32 Å². The van der Waals surface area contributed by atoms with Crippen LogP contribution in [0.2, 0.25) is 0 Å². The van der Waals surface area contributed by atoms with Gasteiger partial charge in [-0.25, -0.2) is 9.97 Å². The average molecular weight is 338 g/mol. The Morgan fingerprint density at radius 3 is 2.80 bits per heavy atom. The second-order valence-electron chi connectivity index (χ2n) is 6.62. The third-order valence-corrected chi connectivity index (χ3v) is 4.92. The number of aliphatic hydroxyl groups is 2.